The summed E-state index contributed by atoms with van der Waals surface area (Å²) >= 11 is 11.3. The zero-order valence-corrected chi connectivity index (χ0v) is 12.0. The van der Waals surface area contributed by atoms with Gasteiger partial charge in [-0.1, -0.05) is 27.5 Å². The summed E-state index contributed by atoms with van der Waals surface area (Å²) in [6.45, 7) is 3.04. The molecule has 0 aliphatic rings. The molecule has 0 aliphatic heterocycles. The van der Waals surface area contributed by atoms with Crippen LogP contribution in [0.2, 0.25) is 5.02 Å². The summed E-state index contributed by atoms with van der Waals surface area (Å²) in [5.74, 6) is 1.12. The van der Waals surface area contributed by atoms with Gasteiger partial charge in [-0.05, 0) is 36.9 Å². The summed E-state index contributed by atoms with van der Waals surface area (Å²) in [6.07, 6.45) is 2.12. The molecule has 0 aromatic heterocycles. The van der Waals surface area contributed by atoms with E-state index in [4.69, 9.17) is 11.6 Å². The van der Waals surface area contributed by atoms with Crippen molar-refractivity contribution >= 4 is 39.3 Å². The van der Waals surface area contributed by atoms with E-state index < -0.39 is 0 Å². The van der Waals surface area contributed by atoms with Gasteiger partial charge in [-0.15, -0.1) is 0 Å². The first kappa shape index (κ1) is 13.4. The molecule has 0 bridgehead atoms. The highest BCUT2D eigenvalue weighted by Gasteiger charge is 2.03. The Morgan fingerprint density at radius 2 is 2.27 bits per heavy atom. The number of thioether (sulfide) groups is 1. The van der Waals surface area contributed by atoms with Gasteiger partial charge in [0.25, 0.3) is 0 Å². The Bertz CT molecular complexity index is 319. The number of halogens is 2. The van der Waals surface area contributed by atoms with Crippen LogP contribution in [0.5, 0.6) is 0 Å². The number of hydrogen-bond donors (Lipinski definition) is 1. The zero-order chi connectivity index (χ0) is 11.3. The molecule has 0 spiro atoms. The minimum absolute atomic E-state index is 0.519. The van der Waals surface area contributed by atoms with Gasteiger partial charge in [-0.25, -0.2) is 0 Å². The van der Waals surface area contributed by atoms with Gasteiger partial charge in [0.05, 0.1) is 0 Å². The highest BCUT2D eigenvalue weighted by Crippen LogP contribution is 2.21. The van der Waals surface area contributed by atoms with Crippen LogP contribution in [0.4, 0.5) is 0 Å². The Kier molecular flexibility index (Phi) is 6.05. The Morgan fingerprint density at radius 3 is 2.93 bits per heavy atom. The van der Waals surface area contributed by atoms with E-state index in [-0.39, 0.29) is 0 Å². The first-order valence-corrected chi connectivity index (χ1v) is 7.36. The summed E-state index contributed by atoms with van der Waals surface area (Å²) in [4.78, 5) is 0. The van der Waals surface area contributed by atoms with Gasteiger partial charge in [-0.3, -0.25) is 0 Å². The van der Waals surface area contributed by atoms with Crippen molar-refractivity contribution in [3.05, 3.63) is 33.3 Å². The lowest BCUT2D eigenvalue weighted by atomic mass is 10.2. The predicted octanol–water partition coefficient (Wildman–Crippen LogP) is 3.94. The van der Waals surface area contributed by atoms with Crippen LogP contribution in [0.15, 0.2) is 22.7 Å². The van der Waals surface area contributed by atoms with Crippen LogP contribution in [0.1, 0.15) is 12.5 Å². The molecule has 0 heterocycles. The van der Waals surface area contributed by atoms with Crippen molar-refractivity contribution in [2.75, 3.05) is 12.0 Å². The van der Waals surface area contributed by atoms with E-state index >= 15 is 0 Å². The maximum atomic E-state index is 5.94. The maximum Gasteiger partial charge on any atom is 0.0410 e. The normalized spacial score (nSPS) is 12.8. The number of hydrogen-bond acceptors (Lipinski definition) is 2. The van der Waals surface area contributed by atoms with E-state index in [2.05, 4.69) is 34.4 Å². The Labute approximate surface area is 109 Å². The average Bonchev–Trinajstić information content (AvgIpc) is 2.20. The van der Waals surface area contributed by atoms with Gasteiger partial charge in [-0.2, -0.15) is 11.8 Å². The van der Waals surface area contributed by atoms with Crippen molar-refractivity contribution in [3.63, 3.8) is 0 Å². The Hall–Kier alpha value is 0.300. The molecule has 84 valence electrons. The van der Waals surface area contributed by atoms with E-state index in [1.807, 2.05) is 30.0 Å². The molecule has 0 radical (unpaired) electrons. The first-order chi connectivity index (χ1) is 7.13. The van der Waals surface area contributed by atoms with Crippen LogP contribution >= 0.6 is 39.3 Å². The van der Waals surface area contributed by atoms with E-state index in [1.54, 1.807) is 0 Å². The lowest BCUT2D eigenvalue weighted by molar-refractivity contribution is 0.595. The molecule has 1 atom stereocenters. The van der Waals surface area contributed by atoms with E-state index in [0.29, 0.717) is 6.04 Å². The summed E-state index contributed by atoms with van der Waals surface area (Å²) in [5.41, 5.74) is 1.20. The van der Waals surface area contributed by atoms with Crippen molar-refractivity contribution < 1.29 is 0 Å². The van der Waals surface area contributed by atoms with Crippen molar-refractivity contribution in [2.45, 2.75) is 19.5 Å². The summed E-state index contributed by atoms with van der Waals surface area (Å²) < 4.78 is 1.11. The summed E-state index contributed by atoms with van der Waals surface area (Å²) in [6, 6.07) is 6.38. The molecule has 4 heteroatoms. The maximum absolute atomic E-state index is 5.94. The number of benzene rings is 1. The Balaban J connectivity index is 2.53. The zero-order valence-electron chi connectivity index (χ0n) is 8.89. The van der Waals surface area contributed by atoms with Crippen molar-refractivity contribution in [1.82, 2.24) is 5.32 Å². The largest absolute Gasteiger partial charge is 0.309 e. The minimum atomic E-state index is 0.519. The van der Waals surface area contributed by atoms with Gasteiger partial charge >= 0.3 is 0 Å². The third-order valence-electron chi connectivity index (χ3n) is 2.07. The fourth-order valence-electron chi connectivity index (χ4n) is 1.27. The molecule has 1 aromatic rings. The van der Waals surface area contributed by atoms with E-state index in [1.165, 1.54) is 5.56 Å². The standard InChI is InChI=1S/C11H15BrClNS/c1-8(7-15-2)14-6-9-5-10(13)3-4-11(9)12/h3-5,8,14H,6-7H2,1-2H3. The van der Waals surface area contributed by atoms with Crippen molar-refractivity contribution in [3.8, 4) is 0 Å². The molecular formula is C11H15BrClNS. The molecule has 1 nitrogen and oxygen atoms in total. The van der Waals surface area contributed by atoms with Gasteiger partial charge in [0.15, 0.2) is 0 Å². The van der Waals surface area contributed by atoms with Gasteiger partial charge < -0.3 is 5.32 Å². The quantitative estimate of drug-likeness (QED) is 0.884. The minimum Gasteiger partial charge on any atom is -0.309 e. The molecule has 0 fully saturated rings. The van der Waals surface area contributed by atoms with Crippen LogP contribution in [-0.2, 0) is 6.54 Å². The molecular weight excluding hydrogens is 294 g/mol. The van der Waals surface area contributed by atoms with Crippen LogP contribution < -0.4 is 5.32 Å². The van der Waals surface area contributed by atoms with E-state index in [9.17, 15) is 0 Å². The highest BCUT2D eigenvalue weighted by atomic mass is 79.9. The molecule has 1 unspecified atom stereocenters. The second-order valence-electron chi connectivity index (χ2n) is 3.47. The average molecular weight is 309 g/mol. The summed E-state index contributed by atoms with van der Waals surface area (Å²) in [7, 11) is 0. The molecule has 0 aliphatic carbocycles. The van der Waals surface area contributed by atoms with Crippen LogP contribution in [0, 0.1) is 0 Å². The molecule has 1 rings (SSSR count). The first-order valence-electron chi connectivity index (χ1n) is 4.79. The molecule has 1 N–H and O–H groups in total. The fraction of sp³-hybridized carbons (Fsp3) is 0.455. The second-order valence-corrected chi connectivity index (χ2v) is 5.67. The van der Waals surface area contributed by atoms with Crippen LogP contribution in [0.3, 0.4) is 0 Å². The predicted molar refractivity (Wildman–Crippen MR) is 73.8 cm³/mol. The third kappa shape index (κ3) is 4.77. The van der Waals surface area contributed by atoms with Gasteiger partial charge in [0.2, 0.25) is 0 Å². The molecule has 1 aromatic carbocycles. The Morgan fingerprint density at radius 1 is 1.53 bits per heavy atom. The third-order valence-corrected chi connectivity index (χ3v) is 3.91. The van der Waals surface area contributed by atoms with Crippen LogP contribution in [-0.4, -0.2) is 18.1 Å². The second kappa shape index (κ2) is 6.79. The molecule has 0 saturated carbocycles. The molecule has 0 amide bonds. The van der Waals surface area contributed by atoms with Crippen molar-refractivity contribution in [2.24, 2.45) is 0 Å². The van der Waals surface area contributed by atoms with Gasteiger partial charge in [0, 0.05) is 27.8 Å². The number of nitrogens with one attached hydrogen (secondary N) is 1. The lowest BCUT2D eigenvalue weighted by Gasteiger charge is -2.13. The lowest BCUT2D eigenvalue weighted by Crippen LogP contribution is -2.27. The van der Waals surface area contributed by atoms with Gasteiger partial charge in [0.1, 0.15) is 0 Å². The topological polar surface area (TPSA) is 12.0 Å². The van der Waals surface area contributed by atoms with Crippen molar-refractivity contribution in [1.29, 1.82) is 0 Å². The molecule has 15 heavy (non-hydrogen) atoms. The van der Waals surface area contributed by atoms with Crippen LogP contribution in [0.25, 0.3) is 0 Å². The van der Waals surface area contributed by atoms with E-state index in [0.717, 1.165) is 21.8 Å². The smallest absolute Gasteiger partial charge is 0.0410 e. The number of rotatable bonds is 5. The SMILES string of the molecule is CSCC(C)NCc1cc(Cl)ccc1Br. The monoisotopic (exact) mass is 307 g/mol. The molecule has 0 saturated heterocycles. The fourth-order valence-corrected chi connectivity index (χ4v) is 2.47. The highest BCUT2D eigenvalue weighted by molar-refractivity contribution is 9.10. The summed E-state index contributed by atoms with van der Waals surface area (Å²) in [5, 5.41) is 4.24.